The Morgan fingerprint density at radius 2 is 1.69 bits per heavy atom. The molecule has 154 valence electrons. The fraction of sp³-hybridized carbons (Fsp3) is 0.364. The molecule has 0 unspecified atom stereocenters. The Morgan fingerprint density at radius 3 is 2.48 bits per heavy atom. The molecular weight excluding hydrogens is 384 g/mol. The normalized spacial score (nSPS) is 15.8. The van der Waals surface area contributed by atoms with Gasteiger partial charge < -0.3 is 9.88 Å². The Kier molecular flexibility index (Phi) is 6.18. The maximum atomic E-state index is 12.2. The SMILES string of the molecule is O=S(=O)(NCCCCN1CCN(c2cccc3[nH]ccc23)CC1)c1ccccc1. The average molecular weight is 413 g/mol. The number of fused-ring (bicyclic) bond motifs is 1. The topological polar surface area (TPSA) is 68.4 Å². The molecule has 1 fully saturated rings. The summed E-state index contributed by atoms with van der Waals surface area (Å²) in [6, 6.07) is 17.1. The predicted octanol–water partition coefficient (Wildman–Crippen LogP) is 3.05. The maximum Gasteiger partial charge on any atom is 0.240 e. The summed E-state index contributed by atoms with van der Waals surface area (Å²) in [7, 11) is -3.39. The van der Waals surface area contributed by atoms with E-state index < -0.39 is 10.0 Å². The van der Waals surface area contributed by atoms with Crippen LogP contribution in [0, 0.1) is 0 Å². The van der Waals surface area contributed by atoms with Gasteiger partial charge in [-0.2, -0.15) is 0 Å². The van der Waals surface area contributed by atoms with Crippen molar-refractivity contribution in [3.05, 3.63) is 60.8 Å². The summed E-state index contributed by atoms with van der Waals surface area (Å²) in [5.41, 5.74) is 2.49. The van der Waals surface area contributed by atoms with Crippen LogP contribution in [0.1, 0.15) is 12.8 Å². The van der Waals surface area contributed by atoms with E-state index in [0.717, 1.165) is 45.6 Å². The zero-order chi connectivity index (χ0) is 20.1. The number of aromatic nitrogens is 1. The highest BCUT2D eigenvalue weighted by Gasteiger charge is 2.18. The lowest BCUT2D eigenvalue weighted by Gasteiger charge is -2.36. The van der Waals surface area contributed by atoms with Crippen molar-refractivity contribution in [2.45, 2.75) is 17.7 Å². The number of benzene rings is 2. The van der Waals surface area contributed by atoms with Crippen molar-refractivity contribution in [2.75, 3.05) is 44.2 Å². The van der Waals surface area contributed by atoms with E-state index in [-0.39, 0.29) is 0 Å². The number of hydrogen-bond donors (Lipinski definition) is 2. The summed E-state index contributed by atoms with van der Waals surface area (Å²) in [4.78, 5) is 8.54. The lowest BCUT2D eigenvalue weighted by atomic mass is 10.1. The summed E-state index contributed by atoms with van der Waals surface area (Å²) in [5, 5.41) is 1.28. The molecule has 6 nitrogen and oxygen atoms in total. The van der Waals surface area contributed by atoms with E-state index in [2.05, 4.69) is 43.8 Å². The molecule has 0 atom stereocenters. The molecule has 0 radical (unpaired) electrons. The minimum atomic E-state index is -3.39. The Labute approximate surface area is 172 Å². The summed E-state index contributed by atoms with van der Waals surface area (Å²) < 4.78 is 27.1. The van der Waals surface area contributed by atoms with Crippen LogP contribution in [-0.2, 0) is 10.0 Å². The standard InChI is InChI=1S/C22H28N4O2S/c27-29(28,19-7-2-1-3-8-19)24-12-4-5-14-25-15-17-26(18-16-25)22-10-6-9-21-20(22)11-13-23-21/h1-3,6-11,13,23-24H,4-5,12,14-18H2. The first kappa shape index (κ1) is 19.9. The van der Waals surface area contributed by atoms with Gasteiger partial charge in [0.15, 0.2) is 0 Å². The smallest absolute Gasteiger partial charge is 0.240 e. The summed E-state index contributed by atoms with van der Waals surface area (Å²) in [6.45, 7) is 5.60. The minimum absolute atomic E-state index is 0.327. The molecule has 1 saturated heterocycles. The zero-order valence-electron chi connectivity index (χ0n) is 16.5. The molecule has 0 saturated carbocycles. The van der Waals surface area contributed by atoms with Gasteiger partial charge in [-0.25, -0.2) is 13.1 Å². The number of hydrogen-bond acceptors (Lipinski definition) is 4. The number of nitrogens with zero attached hydrogens (tertiary/aromatic N) is 2. The van der Waals surface area contributed by atoms with Crippen molar-refractivity contribution in [2.24, 2.45) is 0 Å². The Bertz CT molecular complexity index is 1030. The number of H-pyrrole nitrogens is 1. The van der Waals surface area contributed by atoms with Gasteiger partial charge in [0.25, 0.3) is 0 Å². The molecule has 1 aliphatic rings. The first-order valence-electron chi connectivity index (χ1n) is 10.2. The van der Waals surface area contributed by atoms with Gasteiger partial charge in [0.05, 0.1) is 4.90 Å². The van der Waals surface area contributed by atoms with Crippen LogP contribution in [0.15, 0.2) is 65.7 Å². The number of nitrogens with one attached hydrogen (secondary N) is 2. The second-order valence-electron chi connectivity index (χ2n) is 7.46. The molecule has 29 heavy (non-hydrogen) atoms. The molecule has 3 aromatic rings. The Hall–Kier alpha value is -2.35. The number of anilines is 1. The largest absolute Gasteiger partial charge is 0.368 e. The minimum Gasteiger partial charge on any atom is -0.368 e. The van der Waals surface area contributed by atoms with Crippen molar-refractivity contribution in [1.29, 1.82) is 0 Å². The molecule has 7 heteroatoms. The monoisotopic (exact) mass is 412 g/mol. The van der Waals surface area contributed by atoms with Crippen LogP contribution < -0.4 is 9.62 Å². The molecule has 0 spiro atoms. The molecule has 0 aliphatic carbocycles. The number of piperazine rings is 1. The third kappa shape index (κ3) is 4.80. The summed E-state index contributed by atoms with van der Waals surface area (Å²) >= 11 is 0. The van der Waals surface area contributed by atoms with Crippen LogP contribution >= 0.6 is 0 Å². The van der Waals surface area contributed by atoms with Crippen LogP contribution in [-0.4, -0.2) is 57.6 Å². The average Bonchev–Trinajstić information content (AvgIpc) is 3.24. The fourth-order valence-corrected chi connectivity index (χ4v) is 5.00. The maximum absolute atomic E-state index is 12.2. The predicted molar refractivity (Wildman–Crippen MR) is 118 cm³/mol. The van der Waals surface area contributed by atoms with Crippen molar-refractivity contribution in [3.8, 4) is 0 Å². The van der Waals surface area contributed by atoms with E-state index in [1.807, 2.05) is 12.3 Å². The Balaban J connectivity index is 1.19. The number of rotatable bonds is 8. The first-order valence-corrected chi connectivity index (χ1v) is 11.7. The molecule has 0 bridgehead atoms. The van der Waals surface area contributed by atoms with Gasteiger partial charge >= 0.3 is 0 Å². The van der Waals surface area contributed by atoms with E-state index in [9.17, 15) is 8.42 Å². The molecule has 4 rings (SSSR count). The second-order valence-corrected chi connectivity index (χ2v) is 9.23. The van der Waals surface area contributed by atoms with Gasteiger partial charge in [0.1, 0.15) is 0 Å². The highest BCUT2D eigenvalue weighted by atomic mass is 32.2. The highest BCUT2D eigenvalue weighted by Crippen LogP contribution is 2.26. The second kappa shape index (κ2) is 8.98. The van der Waals surface area contributed by atoms with E-state index in [4.69, 9.17) is 0 Å². The third-order valence-electron chi connectivity index (χ3n) is 5.53. The van der Waals surface area contributed by atoms with E-state index in [1.165, 1.54) is 16.6 Å². The van der Waals surface area contributed by atoms with Gasteiger partial charge in [-0.15, -0.1) is 0 Å². The van der Waals surface area contributed by atoms with E-state index in [0.29, 0.717) is 11.4 Å². The van der Waals surface area contributed by atoms with Gasteiger partial charge in [0.2, 0.25) is 10.0 Å². The van der Waals surface area contributed by atoms with Crippen LogP contribution in [0.5, 0.6) is 0 Å². The fourth-order valence-electron chi connectivity index (χ4n) is 3.91. The first-order chi connectivity index (χ1) is 14.1. The lowest BCUT2D eigenvalue weighted by Crippen LogP contribution is -2.46. The number of aromatic amines is 1. The Morgan fingerprint density at radius 1 is 0.897 bits per heavy atom. The number of sulfonamides is 1. The van der Waals surface area contributed by atoms with Crippen molar-refractivity contribution in [1.82, 2.24) is 14.6 Å². The van der Waals surface area contributed by atoms with Gasteiger partial charge in [-0.05, 0) is 49.7 Å². The van der Waals surface area contributed by atoms with Crippen molar-refractivity contribution < 1.29 is 8.42 Å². The van der Waals surface area contributed by atoms with Gasteiger partial charge in [0, 0.05) is 55.5 Å². The van der Waals surface area contributed by atoms with Crippen molar-refractivity contribution >= 4 is 26.6 Å². The summed E-state index contributed by atoms with van der Waals surface area (Å²) in [5.74, 6) is 0. The van der Waals surface area contributed by atoms with E-state index in [1.54, 1.807) is 24.3 Å². The molecular formula is C22H28N4O2S. The molecule has 1 aliphatic heterocycles. The lowest BCUT2D eigenvalue weighted by molar-refractivity contribution is 0.253. The van der Waals surface area contributed by atoms with Crippen LogP contribution in [0.3, 0.4) is 0 Å². The van der Waals surface area contributed by atoms with Crippen LogP contribution in [0.2, 0.25) is 0 Å². The molecule has 2 aromatic carbocycles. The van der Waals surface area contributed by atoms with Crippen LogP contribution in [0.25, 0.3) is 10.9 Å². The van der Waals surface area contributed by atoms with Gasteiger partial charge in [-0.1, -0.05) is 24.3 Å². The highest BCUT2D eigenvalue weighted by molar-refractivity contribution is 7.89. The third-order valence-corrected chi connectivity index (χ3v) is 7.01. The van der Waals surface area contributed by atoms with Crippen LogP contribution in [0.4, 0.5) is 5.69 Å². The molecule has 0 amide bonds. The molecule has 1 aromatic heterocycles. The molecule has 2 N–H and O–H groups in total. The summed E-state index contributed by atoms with van der Waals surface area (Å²) in [6.07, 6.45) is 3.83. The zero-order valence-corrected chi connectivity index (χ0v) is 17.4. The van der Waals surface area contributed by atoms with Gasteiger partial charge in [-0.3, -0.25) is 4.90 Å². The molecule has 2 heterocycles. The number of unbranched alkanes of at least 4 members (excludes halogenated alkanes) is 1. The van der Waals surface area contributed by atoms with Crippen molar-refractivity contribution in [3.63, 3.8) is 0 Å². The van der Waals surface area contributed by atoms with E-state index >= 15 is 0 Å². The quantitative estimate of drug-likeness (QED) is 0.558.